The van der Waals surface area contributed by atoms with Crippen LogP contribution in [0.25, 0.3) is 0 Å². The van der Waals surface area contributed by atoms with Crippen LogP contribution in [0.1, 0.15) is 0 Å². The summed E-state index contributed by atoms with van der Waals surface area (Å²) in [7, 11) is 2.92. The number of hydrogen-bond acceptors (Lipinski definition) is 3. The first-order valence-electron chi connectivity index (χ1n) is 1.80. The molecule has 3 heteroatoms. The van der Waals surface area contributed by atoms with Crippen molar-refractivity contribution in [1.29, 1.82) is 0 Å². The van der Waals surface area contributed by atoms with Gasteiger partial charge in [0.1, 0.15) is 0 Å². The highest BCUT2D eigenvalue weighted by molar-refractivity contribution is 7.97. The lowest BCUT2D eigenvalue weighted by Crippen LogP contribution is -1.72. The van der Waals surface area contributed by atoms with Crippen LogP contribution >= 0.6 is 11.8 Å². The van der Waals surface area contributed by atoms with Gasteiger partial charge < -0.3 is 0 Å². The van der Waals surface area contributed by atoms with Crippen LogP contribution in [0.15, 0.2) is 0 Å². The first kappa shape index (κ1) is 10.3. The van der Waals surface area contributed by atoms with E-state index in [1.165, 1.54) is 14.2 Å². The minimum atomic E-state index is 1.46. The van der Waals surface area contributed by atoms with E-state index in [1.807, 2.05) is 12.5 Å². The van der Waals surface area contributed by atoms with Gasteiger partial charge in [-0.2, -0.15) is 11.8 Å². The molecule has 0 fully saturated rings. The second-order valence-electron chi connectivity index (χ2n) is 0.742. The van der Waals surface area contributed by atoms with Gasteiger partial charge in [0.05, 0.1) is 14.2 Å². The van der Waals surface area contributed by atoms with Gasteiger partial charge in [-0.3, -0.25) is 0 Å². The molecule has 0 radical (unpaired) electrons. The summed E-state index contributed by atoms with van der Waals surface area (Å²) in [6.07, 6.45) is 4.08. The third-order valence-corrected chi connectivity index (χ3v) is 0.167. The molecule has 0 heterocycles. The topological polar surface area (TPSA) is 18.5 Å². The zero-order valence-corrected chi connectivity index (χ0v) is 6.04. The molecular weight excluding hydrogens is 112 g/mol. The van der Waals surface area contributed by atoms with Gasteiger partial charge in [-0.05, 0) is 12.5 Å². The number of rotatable bonds is 1. The predicted molar refractivity (Wildman–Crippen MR) is 33.5 cm³/mol. The third kappa shape index (κ3) is 70.9. The maximum absolute atomic E-state index is 4.04. The van der Waals surface area contributed by atoms with Gasteiger partial charge in [-0.1, -0.05) is 0 Å². The highest BCUT2D eigenvalue weighted by atomic mass is 32.2. The monoisotopic (exact) mass is 124 g/mol. The van der Waals surface area contributed by atoms with Gasteiger partial charge in [0.15, 0.2) is 0 Å². The van der Waals surface area contributed by atoms with E-state index < -0.39 is 0 Å². The van der Waals surface area contributed by atoms with Crippen molar-refractivity contribution in [1.82, 2.24) is 0 Å². The fraction of sp³-hybridized carbons (Fsp3) is 1.00. The molecule has 0 aliphatic rings. The van der Waals surface area contributed by atoms with E-state index in [4.69, 9.17) is 0 Å². The summed E-state index contributed by atoms with van der Waals surface area (Å²) in [5.41, 5.74) is 0. The Morgan fingerprint density at radius 3 is 1.14 bits per heavy atom. The smallest absolute Gasteiger partial charge is 0.0712 e. The van der Waals surface area contributed by atoms with Crippen LogP contribution in [0.4, 0.5) is 0 Å². The van der Waals surface area contributed by atoms with Crippen LogP contribution in [0.2, 0.25) is 0 Å². The average molecular weight is 124 g/mol. The maximum atomic E-state index is 4.04. The molecule has 0 unspecified atom stereocenters. The molecule has 0 aromatic heterocycles. The summed E-state index contributed by atoms with van der Waals surface area (Å²) in [6, 6.07) is 0. The second-order valence-corrected chi connectivity index (χ2v) is 1.56. The fourth-order valence-electron chi connectivity index (χ4n) is 0. The molecule has 0 N–H and O–H groups in total. The molecular formula is C4H12O2S. The third-order valence-electron chi connectivity index (χ3n) is 0.167. The van der Waals surface area contributed by atoms with Crippen molar-refractivity contribution < 1.29 is 9.78 Å². The van der Waals surface area contributed by atoms with Gasteiger partial charge in [-0.15, -0.1) is 0 Å². The molecule has 0 aromatic rings. The predicted octanol–water partition coefficient (Wildman–Crippen LogP) is 1.17. The molecule has 0 aromatic carbocycles. The van der Waals surface area contributed by atoms with Gasteiger partial charge in [0.2, 0.25) is 0 Å². The highest BCUT2D eigenvalue weighted by Gasteiger charge is 1.47. The Labute approximate surface area is 49.1 Å². The minimum Gasteiger partial charge on any atom is -0.240 e. The van der Waals surface area contributed by atoms with Crippen LogP contribution in [-0.4, -0.2) is 26.7 Å². The van der Waals surface area contributed by atoms with Crippen molar-refractivity contribution in [3.63, 3.8) is 0 Å². The molecule has 0 saturated carbocycles. The summed E-state index contributed by atoms with van der Waals surface area (Å²) < 4.78 is 0. The molecule has 0 aliphatic carbocycles. The number of hydrogen-bond donors (Lipinski definition) is 0. The Morgan fingerprint density at radius 1 is 1.00 bits per heavy atom. The van der Waals surface area contributed by atoms with Gasteiger partial charge in [0, 0.05) is 0 Å². The summed E-state index contributed by atoms with van der Waals surface area (Å²) in [4.78, 5) is 8.08. The van der Waals surface area contributed by atoms with Gasteiger partial charge in [0.25, 0.3) is 0 Å². The van der Waals surface area contributed by atoms with Crippen LogP contribution in [0.5, 0.6) is 0 Å². The molecule has 0 bridgehead atoms. The first-order chi connectivity index (χ1) is 3.33. The van der Waals surface area contributed by atoms with E-state index >= 15 is 0 Å². The van der Waals surface area contributed by atoms with Crippen LogP contribution < -0.4 is 0 Å². The van der Waals surface area contributed by atoms with Crippen LogP contribution in [0.3, 0.4) is 0 Å². The van der Waals surface area contributed by atoms with Crippen molar-refractivity contribution in [3.8, 4) is 0 Å². The lowest BCUT2D eigenvalue weighted by atomic mass is 11.7. The normalized spacial score (nSPS) is 6.86. The molecule has 0 rings (SSSR count). The molecule has 2 nitrogen and oxygen atoms in total. The average Bonchev–Trinajstić information content (AvgIpc) is 1.69. The summed E-state index contributed by atoms with van der Waals surface area (Å²) in [6.45, 7) is 0. The van der Waals surface area contributed by atoms with E-state index in [-0.39, 0.29) is 0 Å². The van der Waals surface area contributed by atoms with E-state index in [9.17, 15) is 0 Å². The molecule has 0 atom stereocenters. The molecule has 0 amide bonds. The molecule has 0 spiro atoms. The Bertz CT molecular complexity index is 17.2. The van der Waals surface area contributed by atoms with Gasteiger partial charge >= 0.3 is 0 Å². The maximum Gasteiger partial charge on any atom is 0.0712 e. The highest BCUT2D eigenvalue weighted by Crippen LogP contribution is 1.70. The minimum absolute atomic E-state index is 1.46. The largest absolute Gasteiger partial charge is 0.240 e. The molecule has 0 aliphatic heterocycles. The standard InChI is InChI=1S/C2H6O2.C2H6S/c1-3-4-2;1-3-2/h1-2H3;1-2H3. The second kappa shape index (κ2) is 16.3. The Balaban J connectivity index is 0. The Hall–Kier alpha value is 0.270. The quantitative estimate of drug-likeness (QED) is 0.386. The zero-order chi connectivity index (χ0) is 6.12. The summed E-state index contributed by atoms with van der Waals surface area (Å²) >= 11 is 1.75. The van der Waals surface area contributed by atoms with Crippen molar-refractivity contribution in [2.45, 2.75) is 0 Å². The Morgan fingerprint density at radius 2 is 1.14 bits per heavy atom. The van der Waals surface area contributed by atoms with E-state index in [1.54, 1.807) is 11.8 Å². The lowest BCUT2D eigenvalue weighted by molar-refractivity contribution is -0.248. The van der Waals surface area contributed by atoms with E-state index in [2.05, 4.69) is 9.78 Å². The van der Waals surface area contributed by atoms with Gasteiger partial charge in [-0.25, -0.2) is 9.78 Å². The van der Waals surface area contributed by atoms with E-state index in [0.717, 1.165) is 0 Å². The molecule has 7 heavy (non-hydrogen) atoms. The SMILES string of the molecule is COOC.CSC. The van der Waals surface area contributed by atoms with Crippen molar-refractivity contribution in [2.24, 2.45) is 0 Å². The fourth-order valence-corrected chi connectivity index (χ4v) is 0. The summed E-state index contributed by atoms with van der Waals surface area (Å²) in [5.74, 6) is 0. The lowest BCUT2D eigenvalue weighted by Gasteiger charge is -1.78. The van der Waals surface area contributed by atoms with Crippen molar-refractivity contribution >= 4 is 11.8 Å². The van der Waals surface area contributed by atoms with Crippen molar-refractivity contribution in [2.75, 3.05) is 26.7 Å². The summed E-state index contributed by atoms with van der Waals surface area (Å²) in [5, 5.41) is 0. The zero-order valence-electron chi connectivity index (χ0n) is 5.22. The van der Waals surface area contributed by atoms with E-state index in [0.29, 0.717) is 0 Å². The molecule has 0 saturated heterocycles. The molecule has 46 valence electrons. The van der Waals surface area contributed by atoms with Crippen LogP contribution in [0, 0.1) is 0 Å². The first-order valence-corrected chi connectivity index (χ1v) is 3.43. The van der Waals surface area contributed by atoms with Crippen molar-refractivity contribution in [3.05, 3.63) is 0 Å². The number of thioether (sulfide) groups is 1. The Kier molecular flexibility index (Phi) is 23.9. The van der Waals surface area contributed by atoms with Crippen LogP contribution in [-0.2, 0) is 9.78 Å².